The first-order chi connectivity index (χ1) is 36.3. The molecule has 398 valence electrons. The van der Waals surface area contributed by atoms with Crippen LogP contribution in [-0.2, 0) is 19.5 Å². The first kappa shape index (κ1) is 49.7. The summed E-state index contributed by atoms with van der Waals surface area (Å²) in [5.74, 6) is 0.700. The summed E-state index contributed by atoms with van der Waals surface area (Å²) in [7, 11) is -4.71. The Morgan fingerprint density at radius 2 is 1.76 bits per heavy atom. The van der Waals surface area contributed by atoms with Crippen molar-refractivity contribution in [2.45, 2.75) is 125 Å². The van der Waals surface area contributed by atoms with E-state index in [0.717, 1.165) is 81.0 Å². The Morgan fingerprint density at radius 1 is 0.960 bits per heavy atom. The van der Waals surface area contributed by atoms with Crippen molar-refractivity contribution in [2.75, 3.05) is 67.8 Å². The van der Waals surface area contributed by atoms with Crippen molar-refractivity contribution >= 4 is 55.4 Å². The number of hydrogen-bond acceptors (Lipinski definition) is 16. The molecule has 0 bridgehead atoms. The summed E-state index contributed by atoms with van der Waals surface area (Å²) in [4.78, 5) is 41.4. The van der Waals surface area contributed by atoms with Gasteiger partial charge in [-0.3, -0.25) is 19.8 Å². The van der Waals surface area contributed by atoms with Crippen LogP contribution in [0.2, 0.25) is 0 Å². The summed E-state index contributed by atoms with van der Waals surface area (Å²) in [5.41, 5.74) is 3.73. The van der Waals surface area contributed by atoms with Crippen LogP contribution in [0, 0.1) is 21.4 Å². The predicted octanol–water partition coefficient (Wildman–Crippen LogP) is 8.00. The number of amides is 1. The molecule has 1 spiro atoms. The van der Waals surface area contributed by atoms with Gasteiger partial charge in [-0.25, -0.2) is 13.1 Å². The molecule has 7 aliphatic rings. The number of aromatic amines is 1. The van der Waals surface area contributed by atoms with Crippen molar-refractivity contribution in [3.8, 4) is 17.4 Å². The highest BCUT2D eigenvalue weighted by atomic mass is 32.2. The summed E-state index contributed by atoms with van der Waals surface area (Å²) in [6.45, 7) is 8.82. The van der Waals surface area contributed by atoms with E-state index in [1.54, 1.807) is 12.3 Å². The van der Waals surface area contributed by atoms with E-state index >= 15 is 0 Å². The van der Waals surface area contributed by atoms with E-state index in [0.29, 0.717) is 87.0 Å². The van der Waals surface area contributed by atoms with Gasteiger partial charge in [0, 0.05) is 67.2 Å². The Balaban J connectivity index is 0.820. The minimum Gasteiger partial charge on any atom is -0.491 e. The number of nitro groups is 1. The molecule has 3 saturated heterocycles. The Bertz CT molecular complexity index is 3070. The lowest BCUT2D eigenvalue weighted by molar-refractivity contribution is -0.384. The quantitative estimate of drug-likeness (QED) is 0.0686. The number of carbonyl (C=O) groups is 1. The van der Waals surface area contributed by atoms with Crippen molar-refractivity contribution in [1.82, 2.24) is 19.6 Å². The molecule has 2 aromatic heterocycles. The smallest absolute Gasteiger partial charge is 0.297 e. The molecule has 5 aliphatic heterocycles. The maximum Gasteiger partial charge on any atom is 0.297 e. The molecule has 12 rings (SSSR count). The average Bonchev–Trinajstić information content (AvgIpc) is 3.88. The highest BCUT2D eigenvalue weighted by Crippen LogP contribution is 2.54. The first-order valence-electron chi connectivity index (χ1n) is 26.7. The van der Waals surface area contributed by atoms with Crippen LogP contribution in [0.1, 0.15) is 100 Å². The van der Waals surface area contributed by atoms with E-state index in [-0.39, 0.29) is 59.4 Å². The van der Waals surface area contributed by atoms with Gasteiger partial charge in [0.15, 0.2) is 11.4 Å². The number of pyridine rings is 1. The molecular weight excluding hydrogens is 981 g/mol. The SMILES string of the molecule is CC(C)Oc1ccccc1[C@@H]1COCCN1C1CC2(CCN(c3ccc(C(=O)NS(=O)(=O)c4cc5c(c([N+](=O)[O-])c4)N[C@@H](CC4CCC(O)CC4)CO5)c(N4c5cc6cc[nH]c6nc5O[C@H]5COCC[C@@H]54)c3)CC2)C1. The van der Waals surface area contributed by atoms with E-state index in [1.807, 2.05) is 30.3 Å². The number of carbonyl (C=O) groups excluding carboxylic acids is 1. The molecule has 1 amide bonds. The van der Waals surface area contributed by atoms with Crippen molar-refractivity contribution < 1.29 is 46.9 Å². The average molecular weight is 1050 g/mol. The standard InChI is InChI=1S/C55H66N8O11S/c1-33(2)73-48-6-4-3-5-41(48)47-31-71-22-20-61(47)38-28-55(29-38)15-18-60(19-16-55)37-9-12-42(44(25-37)62-43-14-21-70-32-50(43)74-54-46(62)24-35-13-17-56-52(35)58-54)53(65)59-75(68,69)40-26-45(63(66)67)51-49(27-40)72-30-36(57-51)23-34-7-10-39(64)11-8-34/h3-6,9,12-13,17,24-27,33-34,36,38-39,43,47,50,57,64H,7-8,10-11,14-16,18-23,28-32H2,1-2H3,(H,56,58)(H,59,65)/t34?,36-,39?,43-,47-,50-/m0/s1. The van der Waals surface area contributed by atoms with E-state index in [9.17, 15) is 28.4 Å². The van der Waals surface area contributed by atoms with Gasteiger partial charge in [-0.1, -0.05) is 18.2 Å². The van der Waals surface area contributed by atoms with Gasteiger partial charge in [-0.2, -0.15) is 4.98 Å². The number of aliphatic hydroxyl groups is 1. The van der Waals surface area contributed by atoms with Crippen LogP contribution >= 0.6 is 0 Å². The number of hydrogen-bond donors (Lipinski definition) is 4. The van der Waals surface area contributed by atoms with Gasteiger partial charge in [-0.05, 0) is 126 Å². The third kappa shape index (κ3) is 9.72. The molecule has 75 heavy (non-hydrogen) atoms. The zero-order chi connectivity index (χ0) is 51.6. The number of sulfonamides is 1. The zero-order valence-corrected chi connectivity index (χ0v) is 43.3. The maximum atomic E-state index is 14.8. The van der Waals surface area contributed by atoms with E-state index in [1.165, 1.54) is 11.6 Å². The number of fused-ring (bicyclic) bond motifs is 4. The van der Waals surface area contributed by atoms with Crippen molar-refractivity contribution in [1.29, 1.82) is 0 Å². The molecular formula is C55H66N8O11S. The summed E-state index contributed by atoms with van der Waals surface area (Å²) in [6, 6.07) is 20.0. The monoisotopic (exact) mass is 1050 g/mol. The van der Waals surface area contributed by atoms with E-state index in [4.69, 9.17) is 28.7 Å². The maximum absolute atomic E-state index is 14.8. The number of nitrogens with zero attached hydrogens (tertiary/aromatic N) is 5. The number of rotatable bonds is 12. The molecule has 20 heteroatoms. The van der Waals surface area contributed by atoms with Gasteiger partial charge in [-0.15, -0.1) is 0 Å². The number of nitrogens with one attached hydrogen (secondary N) is 3. The normalized spacial score (nSPS) is 25.8. The van der Waals surface area contributed by atoms with Crippen LogP contribution in [0.5, 0.6) is 17.4 Å². The van der Waals surface area contributed by atoms with Gasteiger partial charge in [0.05, 0.1) is 71.2 Å². The topological polar surface area (TPSA) is 223 Å². The summed E-state index contributed by atoms with van der Waals surface area (Å²) in [5, 5.41) is 26.7. The molecule has 5 fully saturated rings. The lowest BCUT2D eigenvalue weighted by Gasteiger charge is -2.57. The van der Waals surface area contributed by atoms with Gasteiger partial charge in [0.1, 0.15) is 29.8 Å². The van der Waals surface area contributed by atoms with Crippen LogP contribution in [0.4, 0.5) is 28.4 Å². The Morgan fingerprint density at radius 3 is 2.56 bits per heavy atom. The number of anilines is 4. The van der Waals surface area contributed by atoms with E-state index in [2.05, 4.69) is 61.8 Å². The highest BCUT2D eigenvalue weighted by molar-refractivity contribution is 7.90. The second-order valence-corrected chi connectivity index (χ2v) is 23.7. The molecule has 4 atom stereocenters. The lowest BCUT2D eigenvalue weighted by Crippen LogP contribution is -2.57. The molecule has 3 aromatic carbocycles. The van der Waals surface area contributed by atoms with Crippen LogP contribution in [-0.4, -0.2) is 128 Å². The summed E-state index contributed by atoms with van der Waals surface area (Å²) >= 11 is 0. The van der Waals surface area contributed by atoms with Crippen LogP contribution in [0.25, 0.3) is 11.0 Å². The van der Waals surface area contributed by atoms with Crippen molar-refractivity contribution in [3.05, 3.63) is 94.2 Å². The van der Waals surface area contributed by atoms with Gasteiger partial charge in [0.2, 0.25) is 5.88 Å². The van der Waals surface area contributed by atoms with Crippen molar-refractivity contribution in [3.63, 3.8) is 0 Å². The number of ether oxygens (including phenoxy) is 5. The van der Waals surface area contributed by atoms with Crippen LogP contribution in [0.3, 0.4) is 0 Å². The Labute approximate surface area is 436 Å². The minimum atomic E-state index is -4.71. The highest BCUT2D eigenvalue weighted by Gasteiger charge is 2.50. The fraction of sp³-hybridized carbons (Fsp3) is 0.527. The van der Waals surface area contributed by atoms with Crippen LogP contribution in [0.15, 0.2) is 77.8 Å². The minimum absolute atomic E-state index is 0.0143. The molecule has 4 N–H and O–H groups in total. The van der Waals surface area contributed by atoms with Gasteiger partial charge in [0.25, 0.3) is 21.6 Å². The third-order valence-corrected chi connectivity index (χ3v) is 18.2. The molecule has 19 nitrogen and oxygen atoms in total. The fourth-order valence-corrected chi connectivity index (χ4v) is 14.0. The van der Waals surface area contributed by atoms with Crippen molar-refractivity contribution in [2.24, 2.45) is 11.3 Å². The zero-order valence-electron chi connectivity index (χ0n) is 42.4. The van der Waals surface area contributed by atoms with E-state index < -0.39 is 37.5 Å². The Hall–Kier alpha value is -6.19. The molecule has 2 saturated carbocycles. The third-order valence-electron chi connectivity index (χ3n) is 16.9. The van der Waals surface area contributed by atoms with Gasteiger partial charge >= 0.3 is 0 Å². The summed E-state index contributed by atoms with van der Waals surface area (Å²) in [6.07, 6.45) is 9.67. The number of morpholine rings is 1. The fourth-order valence-electron chi connectivity index (χ4n) is 13.0. The Kier molecular flexibility index (Phi) is 13.3. The number of piperidine rings is 1. The van der Waals surface area contributed by atoms with Crippen LogP contribution < -0.4 is 34.0 Å². The molecule has 0 radical (unpaired) electrons. The number of H-pyrrole nitrogens is 1. The first-order valence-corrected chi connectivity index (χ1v) is 28.2. The molecule has 2 aliphatic carbocycles. The second kappa shape index (κ2) is 20.1. The second-order valence-electron chi connectivity index (χ2n) is 22.0. The number of para-hydroxylation sites is 1. The number of aromatic nitrogens is 2. The lowest BCUT2D eigenvalue weighted by atomic mass is 9.59. The summed E-state index contributed by atoms with van der Waals surface area (Å²) < 4.78 is 61.9. The molecule has 7 heterocycles. The number of benzene rings is 3. The number of aliphatic hydroxyl groups excluding tert-OH is 1. The van der Waals surface area contributed by atoms with Gasteiger partial charge < -0.3 is 48.9 Å². The number of nitro benzene ring substituents is 1. The largest absolute Gasteiger partial charge is 0.491 e. The predicted molar refractivity (Wildman–Crippen MR) is 281 cm³/mol. The molecule has 5 aromatic rings. The molecule has 0 unspecified atom stereocenters.